The SMILES string of the molecule is c1ccc(-c2nc(-c3ccccc3)nc(-c3cccc4c3-c3cc(-c5ccc6oc7ccccc7c6c5)ccc3C43c4ccccc4Oc4ccccc43)n2)cc1. The summed E-state index contributed by atoms with van der Waals surface area (Å²) in [4.78, 5) is 15.5. The van der Waals surface area contributed by atoms with Gasteiger partial charge in [0.25, 0.3) is 0 Å². The molecule has 5 nitrogen and oxygen atoms in total. The van der Waals surface area contributed by atoms with Crippen molar-refractivity contribution >= 4 is 21.9 Å². The van der Waals surface area contributed by atoms with Gasteiger partial charge in [0.1, 0.15) is 22.7 Å². The molecule has 2 aromatic heterocycles. The number of nitrogens with zero attached hydrogens (tertiary/aromatic N) is 3. The lowest BCUT2D eigenvalue weighted by atomic mass is 9.66. The highest BCUT2D eigenvalue weighted by atomic mass is 16.5. The standard InChI is InChI=1S/C52H31N3O2/c1-3-14-32(15-4-1)49-53-50(33-16-5-2-6-17-33)55-51(54-49)37-19-13-22-43-48(37)39-31-34(35-27-29-45-38(30-35)36-18-7-10-23-44(36)56-45)26-28-40(39)52(43)41-20-8-11-24-46(41)57-47-25-12-9-21-42(47)52/h1-31H. The highest BCUT2D eigenvalue weighted by molar-refractivity contribution is 6.06. The molecule has 0 bridgehead atoms. The van der Waals surface area contributed by atoms with Crippen LogP contribution < -0.4 is 4.74 Å². The zero-order valence-electron chi connectivity index (χ0n) is 30.6. The third-order valence-electron chi connectivity index (χ3n) is 11.6. The number of fused-ring (bicyclic) bond motifs is 12. The molecule has 10 aromatic rings. The Morgan fingerprint density at radius 2 is 0.912 bits per heavy atom. The average molecular weight is 730 g/mol. The molecular weight excluding hydrogens is 699 g/mol. The van der Waals surface area contributed by atoms with E-state index in [1.165, 1.54) is 5.56 Å². The summed E-state index contributed by atoms with van der Waals surface area (Å²) in [6, 6.07) is 65.5. The number of hydrogen-bond acceptors (Lipinski definition) is 5. The predicted octanol–water partition coefficient (Wildman–Crippen LogP) is 12.9. The molecule has 3 heterocycles. The van der Waals surface area contributed by atoms with Crippen molar-refractivity contribution in [3.05, 3.63) is 210 Å². The van der Waals surface area contributed by atoms with E-state index in [2.05, 4.69) is 127 Å². The van der Waals surface area contributed by atoms with Gasteiger partial charge in [-0.15, -0.1) is 0 Å². The Hall–Kier alpha value is -7.63. The Morgan fingerprint density at radius 3 is 1.63 bits per heavy atom. The second-order valence-corrected chi connectivity index (χ2v) is 14.7. The van der Waals surface area contributed by atoms with Crippen molar-refractivity contribution in [1.29, 1.82) is 0 Å². The molecule has 0 atom stereocenters. The number of para-hydroxylation sites is 3. The minimum Gasteiger partial charge on any atom is -0.457 e. The van der Waals surface area contributed by atoms with Gasteiger partial charge < -0.3 is 9.15 Å². The molecule has 8 aromatic carbocycles. The van der Waals surface area contributed by atoms with Crippen LogP contribution in [-0.4, -0.2) is 15.0 Å². The summed E-state index contributed by atoms with van der Waals surface area (Å²) in [6.07, 6.45) is 0. The number of hydrogen-bond donors (Lipinski definition) is 0. The van der Waals surface area contributed by atoms with Gasteiger partial charge in [-0.2, -0.15) is 0 Å². The summed E-state index contributed by atoms with van der Waals surface area (Å²) in [5.41, 5.74) is 12.9. The van der Waals surface area contributed by atoms with E-state index in [0.29, 0.717) is 17.5 Å². The predicted molar refractivity (Wildman–Crippen MR) is 226 cm³/mol. The van der Waals surface area contributed by atoms with Crippen LogP contribution in [0.3, 0.4) is 0 Å². The first-order valence-electron chi connectivity index (χ1n) is 19.2. The smallest absolute Gasteiger partial charge is 0.164 e. The molecule has 0 amide bonds. The van der Waals surface area contributed by atoms with E-state index >= 15 is 0 Å². The lowest BCUT2D eigenvalue weighted by Crippen LogP contribution is -2.32. The average Bonchev–Trinajstić information content (AvgIpc) is 3.80. The van der Waals surface area contributed by atoms with E-state index in [4.69, 9.17) is 24.1 Å². The Kier molecular flexibility index (Phi) is 6.78. The molecule has 5 heteroatoms. The molecule has 1 aliphatic heterocycles. The highest BCUT2D eigenvalue weighted by Crippen LogP contribution is 2.63. The van der Waals surface area contributed by atoms with Gasteiger partial charge in [-0.25, -0.2) is 15.0 Å². The number of rotatable bonds is 4. The first kappa shape index (κ1) is 31.7. The molecule has 1 spiro atoms. The van der Waals surface area contributed by atoms with Crippen LogP contribution in [0, 0.1) is 0 Å². The molecule has 266 valence electrons. The maximum Gasteiger partial charge on any atom is 0.164 e. The van der Waals surface area contributed by atoms with Gasteiger partial charge in [0, 0.05) is 38.6 Å². The Bertz CT molecular complexity index is 3120. The quantitative estimate of drug-likeness (QED) is 0.180. The van der Waals surface area contributed by atoms with E-state index in [0.717, 1.165) is 89.1 Å². The third kappa shape index (κ3) is 4.66. The van der Waals surface area contributed by atoms with Gasteiger partial charge in [-0.3, -0.25) is 0 Å². The zero-order chi connectivity index (χ0) is 37.5. The second kappa shape index (κ2) is 12.2. The molecule has 0 N–H and O–H groups in total. The molecule has 0 saturated heterocycles. The number of furan rings is 1. The number of ether oxygens (including phenoxy) is 1. The maximum absolute atomic E-state index is 6.66. The van der Waals surface area contributed by atoms with Crippen LogP contribution in [0.4, 0.5) is 0 Å². The topological polar surface area (TPSA) is 61.0 Å². The summed E-state index contributed by atoms with van der Waals surface area (Å²) in [5, 5.41) is 2.20. The van der Waals surface area contributed by atoms with Crippen molar-refractivity contribution in [2.24, 2.45) is 0 Å². The fourth-order valence-corrected chi connectivity index (χ4v) is 9.15. The first-order chi connectivity index (χ1) is 28.2. The summed E-state index contributed by atoms with van der Waals surface area (Å²) >= 11 is 0. The van der Waals surface area contributed by atoms with Crippen LogP contribution in [0.25, 0.3) is 78.4 Å². The first-order valence-corrected chi connectivity index (χ1v) is 19.2. The molecule has 57 heavy (non-hydrogen) atoms. The molecule has 0 unspecified atom stereocenters. The van der Waals surface area contributed by atoms with Crippen molar-refractivity contribution in [3.63, 3.8) is 0 Å². The fourth-order valence-electron chi connectivity index (χ4n) is 9.15. The van der Waals surface area contributed by atoms with Crippen LogP contribution in [0.5, 0.6) is 11.5 Å². The lowest BCUT2D eigenvalue weighted by molar-refractivity contribution is 0.436. The Balaban J connectivity index is 1.16. The summed E-state index contributed by atoms with van der Waals surface area (Å²) in [7, 11) is 0. The Morgan fingerprint density at radius 1 is 0.351 bits per heavy atom. The van der Waals surface area contributed by atoms with Crippen molar-refractivity contribution in [2.45, 2.75) is 5.41 Å². The van der Waals surface area contributed by atoms with Crippen LogP contribution in [0.2, 0.25) is 0 Å². The van der Waals surface area contributed by atoms with Gasteiger partial charge in [0.2, 0.25) is 0 Å². The van der Waals surface area contributed by atoms with E-state index in [9.17, 15) is 0 Å². The summed E-state index contributed by atoms with van der Waals surface area (Å²) < 4.78 is 12.9. The zero-order valence-corrected chi connectivity index (χ0v) is 30.6. The van der Waals surface area contributed by atoms with Crippen molar-refractivity contribution < 1.29 is 9.15 Å². The Labute approximate surface area is 328 Å². The largest absolute Gasteiger partial charge is 0.457 e. The maximum atomic E-state index is 6.66. The minimum atomic E-state index is -0.660. The number of aromatic nitrogens is 3. The monoisotopic (exact) mass is 729 g/mol. The van der Waals surface area contributed by atoms with Crippen LogP contribution >= 0.6 is 0 Å². The fraction of sp³-hybridized carbons (Fsp3) is 0.0192. The van der Waals surface area contributed by atoms with Gasteiger partial charge in [0.05, 0.1) is 5.41 Å². The molecule has 12 rings (SSSR count). The van der Waals surface area contributed by atoms with E-state index in [1.54, 1.807) is 0 Å². The van der Waals surface area contributed by atoms with Crippen LogP contribution in [0.15, 0.2) is 192 Å². The highest BCUT2D eigenvalue weighted by Gasteiger charge is 2.51. The van der Waals surface area contributed by atoms with E-state index in [-0.39, 0.29) is 0 Å². The third-order valence-corrected chi connectivity index (χ3v) is 11.6. The van der Waals surface area contributed by atoms with Crippen LogP contribution in [-0.2, 0) is 5.41 Å². The molecule has 1 aliphatic carbocycles. The van der Waals surface area contributed by atoms with Crippen molar-refractivity contribution in [2.75, 3.05) is 0 Å². The second-order valence-electron chi connectivity index (χ2n) is 14.7. The van der Waals surface area contributed by atoms with Gasteiger partial charge in [-0.05, 0) is 69.8 Å². The van der Waals surface area contributed by atoms with Gasteiger partial charge in [-0.1, -0.05) is 152 Å². The van der Waals surface area contributed by atoms with Gasteiger partial charge in [0.15, 0.2) is 17.5 Å². The van der Waals surface area contributed by atoms with Crippen molar-refractivity contribution in [3.8, 4) is 67.9 Å². The molecule has 0 radical (unpaired) electrons. The summed E-state index contributed by atoms with van der Waals surface area (Å²) in [5.74, 6) is 3.56. The molecular formula is C52H31N3O2. The molecule has 2 aliphatic rings. The summed E-state index contributed by atoms with van der Waals surface area (Å²) in [6.45, 7) is 0. The molecule has 0 saturated carbocycles. The van der Waals surface area contributed by atoms with Crippen molar-refractivity contribution in [1.82, 2.24) is 15.0 Å². The van der Waals surface area contributed by atoms with Gasteiger partial charge >= 0.3 is 0 Å². The minimum absolute atomic E-state index is 0.618. The lowest BCUT2D eigenvalue weighted by Gasteiger charge is -2.39. The number of benzene rings is 8. The molecule has 0 fully saturated rings. The van der Waals surface area contributed by atoms with E-state index in [1.807, 2.05) is 60.7 Å². The normalized spacial score (nSPS) is 13.2. The van der Waals surface area contributed by atoms with Crippen LogP contribution in [0.1, 0.15) is 22.3 Å². The van der Waals surface area contributed by atoms with E-state index < -0.39 is 5.41 Å².